The third kappa shape index (κ3) is 3.59. The third-order valence-corrected chi connectivity index (χ3v) is 3.53. The molecule has 0 fully saturated rings. The number of hydrogen-bond acceptors (Lipinski definition) is 3. The van der Waals surface area contributed by atoms with Gasteiger partial charge in [-0.1, -0.05) is 17.7 Å². The van der Waals surface area contributed by atoms with Gasteiger partial charge in [0, 0.05) is 0 Å². The Labute approximate surface area is 123 Å². The molecule has 0 bridgehead atoms. The molecule has 1 N–H and O–H groups in total. The van der Waals surface area contributed by atoms with Crippen LogP contribution >= 0.6 is 11.6 Å². The number of nitrogens with zero attached hydrogens (tertiary/aromatic N) is 2. The summed E-state index contributed by atoms with van der Waals surface area (Å²) in [6.07, 6.45) is -3.61. The third-order valence-electron chi connectivity index (χ3n) is 2.66. The maximum atomic E-state index is 12.6. The number of fused-ring (bicyclic) bond motifs is 1. The first-order chi connectivity index (χ1) is 9.48. The normalized spacial score (nSPS) is 12.9. The van der Waals surface area contributed by atoms with E-state index in [0.717, 1.165) is 6.26 Å². The second kappa shape index (κ2) is 5.06. The van der Waals surface area contributed by atoms with Crippen molar-refractivity contribution in [2.24, 2.45) is 0 Å². The van der Waals surface area contributed by atoms with Gasteiger partial charge in [-0.25, -0.2) is 8.42 Å². The zero-order valence-electron chi connectivity index (χ0n) is 11.0. The fraction of sp³-hybridized carbons (Fsp3) is 0.364. The van der Waals surface area contributed by atoms with Gasteiger partial charge in [0.1, 0.15) is 6.54 Å². The Morgan fingerprint density at radius 3 is 2.52 bits per heavy atom. The molecule has 0 spiro atoms. The van der Waals surface area contributed by atoms with Gasteiger partial charge in [0.15, 0.2) is 5.82 Å². The van der Waals surface area contributed by atoms with Crippen molar-refractivity contribution in [1.29, 1.82) is 0 Å². The first-order valence-electron chi connectivity index (χ1n) is 5.68. The summed E-state index contributed by atoms with van der Waals surface area (Å²) in [7, 11) is -3.69. The standard InChI is InChI=1S/C11H11ClF3N3O2S/c1-6-3-4-7(12)8-9(6)18(5-11(13,14)15)16-10(8)17-21(2,19)20/h3-4H,5H2,1-2H3,(H,16,17). The molecule has 0 amide bonds. The Balaban J connectivity index is 2.73. The van der Waals surface area contributed by atoms with Crippen LogP contribution in [0.3, 0.4) is 0 Å². The molecule has 0 aliphatic carbocycles. The SMILES string of the molecule is Cc1ccc(Cl)c2c(NS(C)(=O)=O)nn(CC(F)(F)F)c12. The molecule has 0 unspecified atom stereocenters. The summed E-state index contributed by atoms with van der Waals surface area (Å²) >= 11 is 5.98. The highest BCUT2D eigenvalue weighted by Gasteiger charge is 2.31. The lowest BCUT2D eigenvalue weighted by atomic mass is 10.1. The van der Waals surface area contributed by atoms with Crippen LogP contribution in [0.2, 0.25) is 5.02 Å². The fourth-order valence-electron chi connectivity index (χ4n) is 1.98. The minimum atomic E-state index is -4.49. The maximum absolute atomic E-state index is 12.6. The van der Waals surface area contributed by atoms with E-state index in [4.69, 9.17) is 11.6 Å². The minimum absolute atomic E-state index is 0.121. The average molecular weight is 342 g/mol. The number of benzene rings is 1. The van der Waals surface area contributed by atoms with E-state index in [1.807, 2.05) is 0 Å². The monoisotopic (exact) mass is 341 g/mol. The first-order valence-corrected chi connectivity index (χ1v) is 7.95. The molecule has 2 aromatic rings. The van der Waals surface area contributed by atoms with E-state index in [9.17, 15) is 21.6 Å². The van der Waals surface area contributed by atoms with Crippen LogP contribution in [0.1, 0.15) is 5.56 Å². The van der Waals surface area contributed by atoms with Crippen molar-refractivity contribution in [3.8, 4) is 0 Å². The zero-order chi connectivity index (χ0) is 16.0. The smallest absolute Gasteiger partial charge is 0.266 e. The molecule has 5 nitrogen and oxygen atoms in total. The van der Waals surface area contributed by atoms with Gasteiger partial charge in [-0.05, 0) is 18.6 Å². The Morgan fingerprint density at radius 2 is 2.00 bits per heavy atom. The summed E-state index contributed by atoms with van der Waals surface area (Å²) in [6.45, 7) is 0.258. The quantitative estimate of drug-likeness (QED) is 0.933. The number of alkyl halides is 3. The van der Waals surface area contributed by atoms with Crippen LogP contribution in [0.25, 0.3) is 10.9 Å². The molecule has 0 aliphatic rings. The Morgan fingerprint density at radius 1 is 1.38 bits per heavy atom. The predicted octanol–water partition coefficient (Wildman–Crippen LogP) is 2.93. The van der Waals surface area contributed by atoms with Gasteiger partial charge >= 0.3 is 6.18 Å². The van der Waals surface area contributed by atoms with Crippen LogP contribution < -0.4 is 4.72 Å². The van der Waals surface area contributed by atoms with Gasteiger partial charge in [0.2, 0.25) is 10.0 Å². The van der Waals surface area contributed by atoms with Gasteiger partial charge in [-0.3, -0.25) is 9.40 Å². The Hall–Kier alpha value is -1.48. The number of anilines is 1. The van der Waals surface area contributed by atoms with Crippen molar-refractivity contribution >= 4 is 38.3 Å². The van der Waals surface area contributed by atoms with Gasteiger partial charge in [-0.2, -0.15) is 18.3 Å². The summed E-state index contributed by atoms with van der Waals surface area (Å²) in [5.41, 5.74) is 0.652. The molecule has 0 saturated carbocycles. The molecule has 0 saturated heterocycles. The van der Waals surface area contributed by atoms with Gasteiger partial charge in [-0.15, -0.1) is 0 Å². The second-order valence-electron chi connectivity index (χ2n) is 4.58. The van der Waals surface area contributed by atoms with Crippen molar-refractivity contribution in [2.45, 2.75) is 19.6 Å². The van der Waals surface area contributed by atoms with E-state index < -0.39 is 22.7 Å². The molecule has 0 atom stereocenters. The summed E-state index contributed by atoms with van der Waals surface area (Å²) < 4.78 is 63.3. The summed E-state index contributed by atoms with van der Waals surface area (Å²) in [6, 6.07) is 3.02. The molecule has 1 heterocycles. The van der Waals surface area contributed by atoms with Crippen LogP contribution in [-0.4, -0.2) is 30.6 Å². The Kier molecular flexibility index (Phi) is 3.83. The van der Waals surface area contributed by atoms with Crippen molar-refractivity contribution in [2.75, 3.05) is 11.0 Å². The molecule has 116 valence electrons. The molecule has 1 aromatic heterocycles. The average Bonchev–Trinajstić information content (AvgIpc) is 2.58. The first kappa shape index (κ1) is 15.9. The lowest BCUT2D eigenvalue weighted by Crippen LogP contribution is -2.19. The highest BCUT2D eigenvalue weighted by atomic mass is 35.5. The topological polar surface area (TPSA) is 64.0 Å². The molecule has 10 heteroatoms. The van der Waals surface area contributed by atoms with E-state index in [0.29, 0.717) is 10.2 Å². The molecular weight excluding hydrogens is 331 g/mol. The van der Waals surface area contributed by atoms with Crippen molar-refractivity contribution < 1.29 is 21.6 Å². The van der Waals surface area contributed by atoms with E-state index in [2.05, 4.69) is 9.82 Å². The number of aromatic nitrogens is 2. The zero-order valence-corrected chi connectivity index (χ0v) is 12.6. The molecule has 21 heavy (non-hydrogen) atoms. The number of halogens is 4. The molecule has 0 radical (unpaired) electrons. The van der Waals surface area contributed by atoms with Crippen molar-refractivity contribution in [3.05, 3.63) is 22.7 Å². The van der Waals surface area contributed by atoms with Gasteiger partial charge in [0.25, 0.3) is 0 Å². The predicted molar refractivity (Wildman–Crippen MR) is 74.0 cm³/mol. The fourth-order valence-corrected chi connectivity index (χ4v) is 2.72. The number of sulfonamides is 1. The van der Waals surface area contributed by atoms with Crippen molar-refractivity contribution in [1.82, 2.24) is 9.78 Å². The lowest BCUT2D eigenvalue weighted by molar-refractivity contribution is -0.141. The van der Waals surface area contributed by atoms with E-state index in [-0.39, 0.29) is 21.7 Å². The number of rotatable bonds is 3. The van der Waals surface area contributed by atoms with Crippen LogP contribution in [-0.2, 0) is 16.6 Å². The maximum Gasteiger partial charge on any atom is 0.408 e. The highest BCUT2D eigenvalue weighted by Crippen LogP contribution is 2.34. The molecule has 0 aliphatic heterocycles. The minimum Gasteiger partial charge on any atom is -0.266 e. The van der Waals surface area contributed by atoms with Crippen LogP contribution in [0, 0.1) is 6.92 Å². The van der Waals surface area contributed by atoms with E-state index in [1.165, 1.54) is 6.07 Å². The van der Waals surface area contributed by atoms with Gasteiger partial charge in [0.05, 0.1) is 22.2 Å². The van der Waals surface area contributed by atoms with Gasteiger partial charge < -0.3 is 0 Å². The summed E-state index contributed by atoms with van der Waals surface area (Å²) in [5, 5.41) is 3.97. The van der Waals surface area contributed by atoms with Crippen molar-refractivity contribution in [3.63, 3.8) is 0 Å². The Bertz CT molecular complexity index is 799. The number of aryl methyl sites for hydroxylation is 1. The lowest BCUT2D eigenvalue weighted by Gasteiger charge is -2.08. The summed E-state index contributed by atoms with van der Waals surface area (Å²) in [5.74, 6) is -0.217. The second-order valence-corrected chi connectivity index (χ2v) is 6.74. The highest BCUT2D eigenvalue weighted by molar-refractivity contribution is 7.92. The summed E-state index contributed by atoms with van der Waals surface area (Å²) in [4.78, 5) is 0. The van der Waals surface area contributed by atoms with Crippen LogP contribution in [0.5, 0.6) is 0 Å². The van der Waals surface area contributed by atoms with Crippen LogP contribution in [0.15, 0.2) is 12.1 Å². The number of hydrogen-bond donors (Lipinski definition) is 1. The van der Waals surface area contributed by atoms with E-state index >= 15 is 0 Å². The molecular formula is C11H11ClF3N3O2S. The van der Waals surface area contributed by atoms with E-state index in [1.54, 1.807) is 13.0 Å². The van der Waals surface area contributed by atoms with Crippen LogP contribution in [0.4, 0.5) is 19.0 Å². The molecule has 1 aromatic carbocycles. The number of nitrogens with one attached hydrogen (secondary N) is 1. The largest absolute Gasteiger partial charge is 0.408 e. The molecule has 2 rings (SSSR count).